The highest BCUT2D eigenvalue weighted by atomic mass is 32.1. The third-order valence-corrected chi connectivity index (χ3v) is 4.88. The molecule has 2 rings (SSSR count). The minimum atomic E-state index is -0.530. The third-order valence-electron chi connectivity index (χ3n) is 3.84. The van der Waals surface area contributed by atoms with Gasteiger partial charge in [-0.3, -0.25) is 4.79 Å². The Morgan fingerprint density at radius 3 is 2.70 bits per heavy atom. The van der Waals surface area contributed by atoms with E-state index in [1.807, 2.05) is 38.1 Å². The molecule has 1 heterocycles. The second-order valence-electron chi connectivity index (χ2n) is 5.42. The number of hydrogen-bond donors (Lipinski definition) is 2. The van der Waals surface area contributed by atoms with Crippen LogP contribution < -0.4 is 10.1 Å². The molecule has 0 aliphatic rings. The van der Waals surface area contributed by atoms with Crippen molar-refractivity contribution in [2.75, 3.05) is 13.7 Å². The van der Waals surface area contributed by atoms with Crippen LogP contribution in [0.3, 0.4) is 0 Å². The van der Waals surface area contributed by atoms with Crippen LogP contribution in [0.5, 0.6) is 5.75 Å². The molecule has 124 valence electrons. The van der Waals surface area contributed by atoms with Crippen molar-refractivity contribution in [3.8, 4) is 16.3 Å². The van der Waals surface area contributed by atoms with E-state index < -0.39 is 6.10 Å². The molecule has 2 N–H and O–H groups in total. The smallest absolute Gasteiger partial charge is 0.263 e. The molecule has 0 aliphatic carbocycles. The van der Waals surface area contributed by atoms with Crippen molar-refractivity contribution in [1.29, 1.82) is 0 Å². The molecule has 6 heteroatoms. The minimum absolute atomic E-state index is 0.159. The molecule has 1 aromatic heterocycles. The van der Waals surface area contributed by atoms with Gasteiger partial charge in [-0.1, -0.05) is 20.3 Å². The average Bonchev–Trinajstić information content (AvgIpc) is 3.08. The van der Waals surface area contributed by atoms with E-state index in [2.05, 4.69) is 10.3 Å². The van der Waals surface area contributed by atoms with Crippen molar-refractivity contribution in [2.45, 2.75) is 26.4 Å². The van der Waals surface area contributed by atoms with Crippen LogP contribution in [0.4, 0.5) is 0 Å². The zero-order chi connectivity index (χ0) is 16.8. The van der Waals surface area contributed by atoms with E-state index in [9.17, 15) is 9.90 Å². The van der Waals surface area contributed by atoms with Crippen LogP contribution in [0.2, 0.25) is 0 Å². The Kier molecular flexibility index (Phi) is 6.12. The summed E-state index contributed by atoms with van der Waals surface area (Å²) in [5.41, 5.74) is 0.939. The summed E-state index contributed by atoms with van der Waals surface area (Å²) < 4.78 is 5.13. The molecule has 5 nitrogen and oxygen atoms in total. The Balaban J connectivity index is 1.99. The zero-order valence-electron chi connectivity index (χ0n) is 13.6. The summed E-state index contributed by atoms with van der Waals surface area (Å²) in [6, 6.07) is 7.54. The Bertz CT molecular complexity index is 640. The van der Waals surface area contributed by atoms with Crippen LogP contribution in [0.15, 0.2) is 30.5 Å². The molecule has 0 saturated carbocycles. The molecule has 0 spiro atoms. The van der Waals surface area contributed by atoms with Gasteiger partial charge in [0, 0.05) is 12.1 Å². The van der Waals surface area contributed by atoms with E-state index in [1.165, 1.54) is 11.3 Å². The second-order valence-corrected chi connectivity index (χ2v) is 6.45. The molecule has 0 bridgehead atoms. The van der Waals surface area contributed by atoms with Crippen LogP contribution in [0, 0.1) is 5.92 Å². The summed E-state index contributed by atoms with van der Waals surface area (Å²) in [7, 11) is 1.62. The van der Waals surface area contributed by atoms with Gasteiger partial charge in [0.05, 0.1) is 19.4 Å². The first-order valence-electron chi connectivity index (χ1n) is 7.61. The summed E-state index contributed by atoms with van der Waals surface area (Å²) in [6.07, 6.45) is 1.91. The van der Waals surface area contributed by atoms with E-state index >= 15 is 0 Å². The normalized spacial score (nSPS) is 13.4. The number of rotatable bonds is 7. The van der Waals surface area contributed by atoms with Gasteiger partial charge in [-0.05, 0) is 30.2 Å². The number of aliphatic hydroxyl groups excluding tert-OH is 1. The van der Waals surface area contributed by atoms with Crippen molar-refractivity contribution in [3.63, 3.8) is 0 Å². The van der Waals surface area contributed by atoms with Gasteiger partial charge in [0.1, 0.15) is 15.6 Å². The first-order valence-corrected chi connectivity index (χ1v) is 8.43. The molecule has 2 aromatic rings. The quantitative estimate of drug-likeness (QED) is 0.816. The number of aromatic nitrogens is 1. The highest BCUT2D eigenvalue weighted by molar-refractivity contribution is 7.16. The number of methoxy groups -OCH3 is 1. The highest BCUT2D eigenvalue weighted by Crippen LogP contribution is 2.26. The van der Waals surface area contributed by atoms with Crippen LogP contribution >= 0.6 is 11.3 Å². The number of nitrogens with one attached hydrogen (secondary N) is 1. The van der Waals surface area contributed by atoms with E-state index in [0.717, 1.165) is 22.7 Å². The molecule has 0 radical (unpaired) electrons. The summed E-state index contributed by atoms with van der Waals surface area (Å²) in [4.78, 5) is 17.0. The van der Waals surface area contributed by atoms with Gasteiger partial charge >= 0.3 is 0 Å². The predicted molar refractivity (Wildman–Crippen MR) is 91.9 cm³/mol. The highest BCUT2D eigenvalue weighted by Gasteiger charge is 2.16. The number of aliphatic hydroxyl groups is 1. The average molecular weight is 334 g/mol. The fourth-order valence-electron chi connectivity index (χ4n) is 2.00. The molecule has 1 amide bonds. The van der Waals surface area contributed by atoms with Crippen molar-refractivity contribution in [2.24, 2.45) is 5.92 Å². The molecule has 0 fully saturated rings. The topological polar surface area (TPSA) is 71.5 Å². The standard InChI is InChI=1S/C17H22N2O3S/c1-4-11(2)14(20)9-18-16(21)15-10-19-17(23-15)12-5-7-13(22-3)8-6-12/h5-8,10-11,14,20H,4,9H2,1-3H3,(H,18,21). The van der Waals surface area contributed by atoms with Gasteiger partial charge in [0.2, 0.25) is 0 Å². The Morgan fingerprint density at radius 1 is 1.39 bits per heavy atom. The predicted octanol–water partition coefficient (Wildman–Crippen LogP) is 2.96. The number of nitrogens with zero attached hydrogens (tertiary/aromatic N) is 1. The van der Waals surface area contributed by atoms with Gasteiger partial charge in [-0.25, -0.2) is 4.98 Å². The summed E-state index contributed by atoms with van der Waals surface area (Å²) in [5, 5.41) is 13.4. The zero-order valence-corrected chi connectivity index (χ0v) is 14.4. The lowest BCUT2D eigenvalue weighted by Crippen LogP contribution is -2.35. The Morgan fingerprint density at radius 2 is 2.09 bits per heavy atom. The Hall–Kier alpha value is -1.92. The van der Waals surface area contributed by atoms with Crippen molar-refractivity contribution >= 4 is 17.2 Å². The van der Waals surface area contributed by atoms with Crippen molar-refractivity contribution < 1.29 is 14.6 Å². The fraction of sp³-hybridized carbons (Fsp3) is 0.412. The summed E-state index contributed by atoms with van der Waals surface area (Å²) in [5.74, 6) is 0.735. The van der Waals surface area contributed by atoms with E-state index in [0.29, 0.717) is 4.88 Å². The first kappa shape index (κ1) is 17.4. The molecule has 2 unspecified atom stereocenters. The molecule has 0 saturated heterocycles. The number of ether oxygens (including phenoxy) is 1. The molecule has 23 heavy (non-hydrogen) atoms. The second kappa shape index (κ2) is 8.08. The fourth-order valence-corrected chi connectivity index (χ4v) is 2.84. The lowest BCUT2D eigenvalue weighted by molar-refractivity contribution is 0.0853. The summed E-state index contributed by atoms with van der Waals surface area (Å²) in [6.45, 7) is 4.23. The van der Waals surface area contributed by atoms with E-state index in [1.54, 1.807) is 13.3 Å². The Labute approximate surface area is 140 Å². The molecule has 0 aliphatic heterocycles. The maximum Gasteiger partial charge on any atom is 0.263 e. The van der Waals surface area contributed by atoms with Crippen LogP contribution in [-0.4, -0.2) is 35.8 Å². The number of thiazole rings is 1. The lowest BCUT2D eigenvalue weighted by atomic mass is 10.0. The summed E-state index contributed by atoms with van der Waals surface area (Å²) >= 11 is 1.33. The monoisotopic (exact) mass is 334 g/mol. The third kappa shape index (κ3) is 4.53. The number of carbonyl (C=O) groups is 1. The van der Waals surface area contributed by atoms with E-state index in [-0.39, 0.29) is 18.4 Å². The van der Waals surface area contributed by atoms with Gasteiger partial charge in [-0.2, -0.15) is 0 Å². The maximum atomic E-state index is 12.1. The van der Waals surface area contributed by atoms with Gasteiger partial charge < -0.3 is 15.2 Å². The van der Waals surface area contributed by atoms with Crippen molar-refractivity contribution in [3.05, 3.63) is 35.3 Å². The van der Waals surface area contributed by atoms with Gasteiger partial charge in [-0.15, -0.1) is 11.3 Å². The van der Waals surface area contributed by atoms with Gasteiger partial charge in [0.15, 0.2) is 0 Å². The van der Waals surface area contributed by atoms with Crippen LogP contribution in [-0.2, 0) is 0 Å². The molecular formula is C17H22N2O3S. The first-order chi connectivity index (χ1) is 11.0. The number of amides is 1. The number of carbonyl (C=O) groups excluding carboxylic acids is 1. The molecule has 2 atom stereocenters. The number of hydrogen-bond acceptors (Lipinski definition) is 5. The molecular weight excluding hydrogens is 312 g/mol. The van der Waals surface area contributed by atoms with Gasteiger partial charge in [0.25, 0.3) is 5.91 Å². The number of benzene rings is 1. The van der Waals surface area contributed by atoms with E-state index in [4.69, 9.17) is 4.74 Å². The van der Waals surface area contributed by atoms with Crippen LogP contribution in [0.25, 0.3) is 10.6 Å². The molecule has 1 aromatic carbocycles. The lowest BCUT2D eigenvalue weighted by Gasteiger charge is -2.17. The SMILES string of the molecule is CCC(C)C(O)CNC(=O)c1cnc(-c2ccc(OC)cc2)s1. The largest absolute Gasteiger partial charge is 0.497 e. The maximum absolute atomic E-state index is 12.1. The van der Waals surface area contributed by atoms with Crippen molar-refractivity contribution in [1.82, 2.24) is 10.3 Å². The van der Waals surface area contributed by atoms with Crippen LogP contribution in [0.1, 0.15) is 29.9 Å². The minimum Gasteiger partial charge on any atom is -0.497 e.